The lowest BCUT2D eigenvalue weighted by Crippen LogP contribution is -1.88. The van der Waals surface area contributed by atoms with E-state index >= 15 is 0 Å². The number of hydrogen-bond donors (Lipinski definition) is 1. The minimum Gasteiger partial charge on any atom is -0.508 e. The number of aromatic nitrogens is 4. The summed E-state index contributed by atoms with van der Waals surface area (Å²) < 4.78 is 0.271. The summed E-state index contributed by atoms with van der Waals surface area (Å²) >= 11 is 21.7. The highest BCUT2D eigenvalue weighted by Crippen LogP contribution is 2.28. The van der Waals surface area contributed by atoms with Crippen molar-refractivity contribution in [3.05, 3.63) is 113 Å². The summed E-state index contributed by atoms with van der Waals surface area (Å²) in [7, 11) is 0. The van der Waals surface area contributed by atoms with Crippen LogP contribution in [-0.4, -0.2) is 28.2 Å². The number of fused-ring (bicyclic) bond motifs is 2. The van der Waals surface area contributed by atoms with E-state index in [9.17, 15) is 5.11 Å². The molecule has 11 heteroatoms. The summed E-state index contributed by atoms with van der Waals surface area (Å²) in [6, 6.07) is 26.4. The molecule has 4 aromatic heterocycles. The molecule has 0 saturated carbocycles. The van der Waals surface area contributed by atoms with E-state index in [2.05, 4.69) is 86.3 Å². The zero-order valence-electron chi connectivity index (χ0n) is 20.9. The summed E-state index contributed by atoms with van der Waals surface area (Å²) in [6.45, 7) is 2.06. The van der Waals surface area contributed by atoms with Gasteiger partial charge >= 0.3 is 3.18 Å². The number of aromatic hydroxyl groups is 1. The summed E-state index contributed by atoms with van der Waals surface area (Å²) in [6.07, 6.45) is 3.48. The van der Waals surface area contributed by atoms with Crippen molar-refractivity contribution in [2.75, 3.05) is 0 Å². The quantitative estimate of drug-likeness (QED) is 0.141. The molecule has 0 amide bonds. The molecule has 0 bridgehead atoms. The van der Waals surface area contributed by atoms with Crippen LogP contribution in [0.2, 0.25) is 10.3 Å². The maximum Gasteiger partial charge on any atom is 0.369 e. The molecule has 40 heavy (non-hydrogen) atoms. The van der Waals surface area contributed by atoms with Crippen molar-refractivity contribution in [2.45, 2.75) is 6.92 Å². The van der Waals surface area contributed by atoms with Crippen molar-refractivity contribution in [1.29, 1.82) is 0 Å². The first-order valence-electron chi connectivity index (χ1n) is 11.8. The van der Waals surface area contributed by atoms with Crippen LogP contribution < -0.4 is 0 Å². The SMILES string of the molecule is BrB(Br)Br.Cc1cccc(-c2cc3ncccc3c(Cl)n2)c1.Oc1cccc(-c2cc3ncccc3c(Cl)n2)c1. The van der Waals surface area contributed by atoms with E-state index in [-0.39, 0.29) is 8.93 Å². The second kappa shape index (κ2) is 14.4. The summed E-state index contributed by atoms with van der Waals surface area (Å²) in [4.78, 5) is 17.4. The number of rotatable bonds is 2. The fraction of sp³-hybridized carbons (Fsp3) is 0.0345. The van der Waals surface area contributed by atoms with E-state index in [0.29, 0.717) is 16.0 Å². The standard InChI is InChI=1S/C15H11ClN2.C14H9ClN2O.BBr3/c1-10-4-2-5-11(8-10)13-9-14-12(15(16)18-13)6-3-7-17-14;15-14-11-5-2-6-16-13(11)8-12(17-14)9-3-1-4-10(18)7-9;2-1(3)4/h2-9H,1H3;1-8,18H;. The molecule has 4 heterocycles. The van der Waals surface area contributed by atoms with E-state index in [4.69, 9.17) is 23.2 Å². The summed E-state index contributed by atoms with van der Waals surface area (Å²) in [5.41, 5.74) is 6.28. The zero-order valence-corrected chi connectivity index (χ0v) is 27.2. The highest BCUT2D eigenvalue weighted by atomic mass is 79.9. The highest BCUT2D eigenvalue weighted by molar-refractivity contribution is 9.69. The fourth-order valence-electron chi connectivity index (χ4n) is 3.83. The van der Waals surface area contributed by atoms with Crippen molar-refractivity contribution in [1.82, 2.24) is 19.9 Å². The number of aryl methyl sites for hydroxylation is 1. The number of benzene rings is 2. The summed E-state index contributed by atoms with van der Waals surface area (Å²) in [5.74, 6) is 0.201. The van der Waals surface area contributed by atoms with Gasteiger partial charge in [-0.15, -0.1) is 47.3 Å². The Hall–Kier alpha value is -2.56. The van der Waals surface area contributed by atoms with Crippen molar-refractivity contribution < 1.29 is 5.11 Å². The first kappa shape index (κ1) is 30.4. The molecular weight excluding hydrogens is 742 g/mol. The average Bonchev–Trinajstić information content (AvgIpc) is 2.93. The summed E-state index contributed by atoms with van der Waals surface area (Å²) in [5, 5.41) is 12.1. The van der Waals surface area contributed by atoms with Crippen molar-refractivity contribution >= 4 is 95.5 Å². The minimum atomic E-state index is 0.201. The van der Waals surface area contributed by atoms with Gasteiger partial charge in [0, 0.05) is 34.3 Å². The predicted octanol–water partition coefficient (Wildman–Crippen LogP) is 10.1. The second-order valence-corrected chi connectivity index (χ2v) is 15.6. The number of pyridine rings is 4. The molecule has 6 rings (SSSR count). The van der Waals surface area contributed by atoms with Crippen LogP contribution in [0.15, 0.2) is 97.3 Å². The van der Waals surface area contributed by atoms with Crippen molar-refractivity contribution in [2.24, 2.45) is 0 Å². The molecule has 0 radical (unpaired) electrons. The minimum absolute atomic E-state index is 0.201. The fourth-order valence-corrected chi connectivity index (χ4v) is 4.34. The van der Waals surface area contributed by atoms with E-state index in [1.165, 1.54) is 5.56 Å². The number of halogens is 5. The molecule has 1 N–H and O–H groups in total. The van der Waals surface area contributed by atoms with Crippen LogP contribution in [-0.2, 0) is 0 Å². The highest BCUT2D eigenvalue weighted by Gasteiger charge is 2.08. The van der Waals surface area contributed by atoms with E-state index in [1.807, 2.05) is 54.6 Å². The molecular formula is C29H20BBr3Cl2N4O. The van der Waals surface area contributed by atoms with Gasteiger partial charge in [-0.1, -0.05) is 59.1 Å². The van der Waals surface area contributed by atoms with Crippen LogP contribution in [0, 0.1) is 6.92 Å². The third-order valence-electron chi connectivity index (χ3n) is 5.56. The van der Waals surface area contributed by atoms with Gasteiger partial charge in [-0.25, -0.2) is 9.97 Å². The van der Waals surface area contributed by atoms with Gasteiger partial charge in [-0.2, -0.15) is 0 Å². The van der Waals surface area contributed by atoms with Gasteiger partial charge in [0.15, 0.2) is 0 Å². The predicted molar refractivity (Wildman–Crippen MR) is 179 cm³/mol. The third-order valence-corrected chi connectivity index (χ3v) is 6.14. The van der Waals surface area contributed by atoms with E-state index in [1.54, 1.807) is 30.6 Å². The molecule has 0 fully saturated rings. The number of phenols is 1. The maximum absolute atomic E-state index is 9.48. The molecule has 0 aliphatic rings. The van der Waals surface area contributed by atoms with Crippen LogP contribution in [0.3, 0.4) is 0 Å². The zero-order chi connectivity index (χ0) is 28.6. The first-order chi connectivity index (χ1) is 19.2. The van der Waals surface area contributed by atoms with Gasteiger partial charge in [0.2, 0.25) is 0 Å². The molecule has 0 aliphatic heterocycles. The van der Waals surface area contributed by atoms with Crippen LogP contribution in [0.5, 0.6) is 5.75 Å². The van der Waals surface area contributed by atoms with Gasteiger partial charge in [-0.05, 0) is 61.5 Å². The molecule has 2 aromatic carbocycles. The Morgan fingerprint density at radius 1 is 0.650 bits per heavy atom. The molecule has 5 nitrogen and oxygen atoms in total. The number of hydrogen-bond acceptors (Lipinski definition) is 5. The molecule has 0 saturated heterocycles. The van der Waals surface area contributed by atoms with Crippen LogP contribution in [0.1, 0.15) is 5.56 Å². The Kier molecular flexibility index (Phi) is 10.9. The molecule has 6 aromatic rings. The lowest BCUT2D eigenvalue weighted by Gasteiger charge is -2.05. The lowest BCUT2D eigenvalue weighted by atomic mass is 10.1. The maximum atomic E-state index is 9.48. The van der Waals surface area contributed by atoms with Gasteiger partial charge in [0.1, 0.15) is 16.1 Å². The Morgan fingerprint density at radius 2 is 1.12 bits per heavy atom. The van der Waals surface area contributed by atoms with Gasteiger partial charge < -0.3 is 5.11 Å². The van der Waals surface area contributed by atoms with E-state index < -0.39 is 0 Å². The second-order valence-electron chi connectivity index (χ2n) is 8.40. The Morgan fingerprint density at radius 3 is 1.60 bits per heavy atom. The van der Waals surface area contributed by atoms with Gasteiger partial charge in [0.25, 0.3) is 0 Å². The molecule has 200 valence electrons. The lowest BCUT2D eigenvalue weighted by molar-refractivity contribution is 0.475. The number of nitrogens with zero attached hydrogens (tertiary/aromatic N) is 4. The molecule has 0 aliphatic carbocycles. The van der Waals surface area contributed by atoms with Gasteiger partial charge in [-0.3, -0.25) is 9.97 Å². The monoisotopic (exact) mass is 758 g/mol. The molecule has 0 atom stereocenters. The smallest absolute Gasteiger partial charge is 0.369 e. The largest absolute Gasteiger partial charge is 0.508 e. The van der Waals surface area contributed by atoms with Crippen LogP contribution in [0.25, 0.3) is 44.3 Å². The van der Waals surface area contributed by atoms with Crippen LogP contribution >= 0.6 is 70.5 Å². The Labute approximate surface area is 267 Å². The molecule has 0 unspecified atom stereocenters. The average molecular weight is 762 g/mol. The first-order valence-corrected chi connectivity index (χ1v) is 15.3. The van der Waals surface area contributed by atoms with Crippen molar-refractivity contribution in [3.63, 3.8) is 0 Å². The Bertz CT molecular complexity index is 1650. The topological polar surface area (TPSA) is 71.8 Å². The van der Waals surface area contributed by atoms with Crippen molar-refractivity contribution in [3.8, 4) is 28.3 Å². The normalized spacial score (nSPS) is 10.3. The van der Waals surface area contributed by atoms with Gasteiger partial charge in [0.05, 0.1) is 22.4 Å². The molecule has 0 spiro atoms. The third kappa shape index (κ3) is 8.24. The number of phenolic OH excluding ortho intramolecular Hbond substituents is 1. The van der Waals surface area contributed by atoms with E-state index in [0.717, 1.165) is 38.6 Å². The van der Waals surface area contributed by atoms with Crippen LogP contribution in [0.4, 0.5) is 0 Å². The Balaban J connectivity index is 0.000000164.